The molecule has 6 nitrogen and oxygen atoms in total. The second-order valence-electron chi connectivity index (χ2n) is 7.15. The first-order valence-electron chi connectivity index (χ1n) is 9.44. The number of amides is 1. The van der Waals surface area contributed by atoms with Gasteiger partial charge in [0.1, 0.15) is 17.3 Å². The van der Waals surface area contributed by atoms with Gasteiger partial charge in [-0.05, 0) is 17.7 Å². The molecule has 1 saturated heterocycles. The Kier molecular flexibility index (Phi) is 4.90. The molecule has 0 unspecified atom stereocenters. The molecule has 0 saturated carbocycles. The van der Waals surface area contributed by atoms with E-state index in [1.807, 2.05) is 30.3 Å². The molecular formula is C21H23FN4O2. The van der Waals surface area contributed by atoms with Crippen LogP contribution in [0.15, 0.2) is 53.5 Å². The summed E-state index contributed by atoms with van der Waals surface area (Å²) < 4.78 is 19.4. The monoisotopic (exact) mass is 382 g/mol. The number of rotatable bonds is 3. The minimum absolute atomic E-state index is 0.200. The molecule has 2 aromatic carbocycles. The van der Waals surface area contributed by atoms with Gasteiger partial charge in [0.2, 0.25) is 0 Å². The van der Waals surface area contributed by atoms with Gasteiger partial charge in [0.25, 0.3) is 0 Å². The third kappa shape index (κ3) is 3.65. The lowest BCUT2D eigenvalue weighted by Crippen LogP contribution is -2.52. The maximum atomic E-state index is 14.0. The fraction of sp³-hybridized carbons (Fsp3) is 0.333. The number of hydrogen-bond donors (Lipinski definition) is 2. The summed E-state index contributed by atoms with van der Waals surface area (Å²) >= 11 is 0. The van der Waals surface area contributed by atoms with Crippen molar-refractivity contribution in [1.82, 2.24) is 4.90 Å². The van der Waals surface area contributed by atoms with Gasteiger partial charge in [-0.1, -0.05) is 36.4 Å². The van der Waals surface area contributed by atoms with Crippen molar-refractivity contribution in [2.24, 2.45) is 10.7 Å². The SMILES string of the molecule is NC1=NC2(CCN(C(=O)OCCc3ccccc3)CC2)Nc2cccc(F)c21. The van der Waals surface area contributed by atoms with Crippen LogP contribution < -0.4 is 11.1 Å². The summed E-state index contributed by atoms with van der Waals surface area (Å²) in [4.78, 5) is 18.6. The largest absolute Gasteiger partial charge is 0.449 e. The molecular weight excluding hydrogens is 359 g/mol. The molecule has 0 atom stereocenters. The number of carbonyl (C=O) groups is 1. The van der Waals surface area contributed by atoms with Crippen LogP contribution in [0.5, 0.6) is 0 Å². The predicted molar refractivity (Wildman–Crippen MR) is 106 cm³/mol. The van der Waals surface area contributed by atoms with E-state index in [9.17, 15) is 9.18 Å². The standard InChI is InChI=1S/C21H23FN4O2/c22-16-7-4-8-17-18(16)19(23)25-21(24-17)10-12-26(13-11-21)20(27)28-14-9-15-5-2-1-3-6-15/h1-8,24H,9-14H2,(H2,23,25). The number of hydrogen-bond acceptors (Lipinski definition) is 5. The number of likely N-dealkylation sites (tertiary alicyclic amines) is 1. The van der Waals surface area contributed by atoms with Gasteiger partial charge in [0, 0.05) is 38.0 Å². The van der Waals surface area contributed by atoms with Crippen LogP contribution in [0.3, 0.4) is 0 Å². The first kappa shape index (κ1) is 18.3. The third-order valence-corrected chi connectivity index (χ3v) is 5.28. The second kappa shape index (κ2) is 7.50. The minimum Gasteiger partial charge on any atom is -0.449 e. The van der Waals surface area contributed by atoms with Crippen molar-refractivity contribution in [2.45, 2.75) is 24.9 Å². The molecule has 4 rings (SSSR count). The lowest BCUT2D eigenvalue weighted by Gasteiger charge is -2.42. The molecule has 1 amide bonds. The van der Waals surface area contributed by atoms with Crippen LogP contribution in [0.2, 0.25) is 0 Å². The zero-order chi connectivity index (χ0) is 19.6. The van der Waals surface area contributed by atoms with E-state index in [1.165, 1.54) is 6.07 Å². The summed E-state index contributed by atoms with van der Waals surface area (Å²) in [6.07, 6.45) is 1.54. The van der Waals surface area contributed by atoms with E-state index >= 15 is 0 Å². The van der Waals surface area contributed by atoms with E-state index in [4.69, 9.17) is 10.5 Å². The number of nitrogens with one attached hydrogen (secondary N) is 1. The van der Waals surface area contributed by atoms with Crippen LogP contribution in [-0.2, 0) is 11.2 Å². The van der Waals surface area contributed by atoms with E-state index in [1.54, 1.807) is 17.0 Å². The van der Waals surface area contributed by atoms with Gasteiger partial charge in [-0.15, -0.1) is 0 Å². The number of carbonyl (C=O) groups excluding carboxylic acids is 1. The Bertz CT molecular complexity index is 893. The van der Waals surface area contributed by atoms with Gasteiger partial charge >= 0.3 is 6.09 Å². The highest BCUT2D eigenvalue weighted by molar-refractivity contribution is 6.04. The summed E-state index contributed by atoms with van der Waals surface area (Å²) in [6, 6.07) is 14.7. The molecule has 0 aromatic heterocycles. The van der Waals surface area contributed by atoms with Gasteiger partial charge in [-0.3, -0.25) is 0 Å². The number of fused-ring (bicyclic) bond motifs is 1. The number of halogens is 1. The van der Waals surface area contributed by atoms with Crippen LogP contribution in [0, 0.1) is 5.82 Å². The van der Waals surface area contributed by atoms with Crippen molar-refractivity contribution in [1.29, 1.82) is 0 Å². The Balaban J connectivity index is 1.33. The second-order valence-corrected chi connectivity index (χ2v) is 7.15. The van der Waals surface area contributed by atoms with Gasteiger partial charge in [0.15, 0.2) is 0 Å². The van der Waals surface area contributed by atoms with E-state index in [2.05, 4.69) is 10.3 Å². The number of benzene rings is 2. The molecule has 0 radical (unpaired) electrons. The fourth-order valence-corrected chi connectivity index (χ4v) is 3.74. The highest BCUT2D eigenvalue weighted by Gasteiger charge is 2.39. The number of nitrogens with two attached hydrogens (primary N) is 1. The summed E-state index contributed by atoms with van der Waals surface area (Å²) in [7, 11) is 0. The van der Waals surface area contributed by atoms with Crippen molar-refractivity contribution >= 4 is 17.6 Å². The molecule has 146 valence electrons. The van der Waals surface area contributed by atoms with Crippen molar-refractivity contribution in [2.75, 3.05) is 25.0 Å². The quantitative estimate of drug-likeness (QED) is 0.855. The van der Waals surface area contributed by atoms with Crippen LogP contribution in [0.25, 0.3) is 0 Å². The Hall–Kier alpha value is -3.09. The lowest BCUT2D eigenvalue weighted by atomic mass is 9.94. The lowest BCUT2D eigenvalue weighted by molar-refractivity contribution is 0.0874. The Morgan fingerprint density at radius 1 is 1.18 bits per heavy atom. The maximum Gasteiger partial charge on any atom is 0.409 e. The number of amidine groups is 1. The van der Waals surface area contributed by atoms with Crippen molar-refractivity contribution in [3.63, 3.8) is 0 Å². The normalized spacial score (nSPS) is 17.5. The first-order valence-corrected chi connectivity index (χ1v) is 9.44. The molecule has 0 bridgehead atoms. The number of aliphatic imine (C=N–C) groups is 1. The van der Waals surface area contributed by atoms with Gasteiger partial charge < -0.3 is 20.7 Å². The average Bonchev–Trinajstić information content (AvgIpc) is 2.69. The number of anilines is 1. The van der Waals surface area contributed by atoms with E-state index < -0.39 is 5.66 Å². The van der Waals surface area contributed by atoms with Gasteiger partial charge in [-0.2, -0.15) is 0 Å². The highest BCUT2D eigenvalue weighted by Crippen LogP contribution is 2.35. The number of ether oxygens (including phenoxy) is 1. The number of piperidine rings is 1. The van der Waals surface area contributed by atoms with E-state index in [0.29, 0.717) is 50.2 Å². The molecule has 2 aliphatic heterocycles. The number of nitrogens with zero attached hydrogens (tertiary/aromatic N) is 2. The van der Waals surface area contributed by atoms with Crippen molar-refractivity contribution in [3.8, 4) is 0 Å². The molecule has 1 fully saturated rings. The molecule has 0 aliphatic carbocycles. The van der Waals surface area contributed by atoms with Crippen molar-refractivity contribution < 1.29 is 13.9 Å². The molecule has 2 aliphatic rings. The third-order valence-electron chi connectivity index (χ3n) is 5.28. The summed E-state index contributed by atoms with van der Waals surface area (Å²) in [5.74, 6) is -0.189. The smallest absolute Gasteiger partial charge is 0.409 e. The zero-order valence-electron chi connectivity index (χ0n) is 15.5. The first-order chi connectivity index (χ1) is 13.6. The molecule has 2 aromatic rings. The van der Waals surface area contributed by atoms with Gasteiger partial charge in [0.05, 0.1) is 12.2 Å². The van der Waals surface area contributed by atoms with E-state index in [0.717, 1.165) is 5.56 Å². The fourth-order valence-electron chi connectivity index (χ4n) is 3.74. The summed E-state index contributed by atoms with van der Waals surface area (Å²) in [6.45, 7) is 1.34. The zero-order valence-corrected chi connectivity index (χ0v) is 15.5. The van der Waals surface area contributed by atoms with Crippen molar-refractivity contribution in [3.05, 3.63) is 65.5 Å². The molecule has 2 heterocycles. The van der Waals surface area contributed by atoms with Crippen LogP contribution in [0.4, 0.5) is 14.9 Å². The van der Waals surface area contributed by atoms with Gasteiger partial charge in [-0.25, -0.2) is 14.2 Å². The highest BCUT2D eigenvalue weighted by atomic mass is 19.1. The Labute approximate surface area is 163 Å². The van der Waals surface area contributed by atoms with Crippen LogP contribution in [-0.4, -0.2) is 42.2 Å². The average molecular weight is 382 g/mol. The molecule has 1 spiro atoms. The van der Waals surface area contributed by atoms with Crippen LogP contribution in [0.1, 0.15) is 24.0 Å². The Morgan fingerprint density at radius 2 is 1.93 bits per heavy atom. The maximum absolute atomic E-state index is 14.0. The summed E-state index contributed by atoms with van der Waals surface area (Å²) in [5.41, 5.74) is 7.52. The van der Waals surface area contributed by atoms with E-state index in [-0.39, 0.29) is 17.7 Å². The minimum atomic E-state index is -0.605. The molecule has 7 heteroatoms. The summed E-state index contributed by atoms with van der Waals surface area (Å²) in [5, 5.41) is 3.32. The topological polar surface area (TPSA) is 80.0 Å². The van der Waals surface area contributed by atoms with Crippen LogP contribution >= 0.6 is 0 Å². The Morgan fingerprint density at radius 3 is 2.68 bits per heavy atom. The molecule has 3 N–H and O–H groups in total. The molecule has 28 heavy (non-hydrogen) atoms. The predicted octanol–water partition coefficient (Wildman–Crippen LogP) is 3.13.